The predicted octanol–water partition coefficient (Wildman–Crippen LogP) is 0.316. The Balaban J connectivity index is 1.75. The number of piperazine rings is 1. The van der Waals surface area contributed by atoms with Crippen LogP contribution in [0.25, 0.3) is 0 Å². The molecule has 1 unspecified atom stereocenters. The first-order valence-corrected chi connectivity index (χ1v) is 6.72. The number of hydrogen-bond donors (Lipinski definition) is 1. The van der Waals surface area contributed by atoms with Crippen molar-refractivity contribution in [1.29, 1.82) is 0 Å². The maximum absolute atomic E-state index is 12.3. The van der Waals surface area contributed by atoms with Crippen LogP contribution in [-0.2, 0) is 4.79 Å². The zero-order valence-electron chi connectivity index (χ0n) is 11.1. The van der Waals surface area contributed by atoms with Crippen LogP contribution in [0.1, 0.15) is 0 Å². The first-order valence-electron chi connectivity index (χ1n) is 6.72. The number of para-hydroxylation sites is 2. The van der Waals surface area contributed by atoms with Crippen LogP contribution in [-0.4, -0.2) is 56.7 Å². The van der Waals surface area contributed by atoms with Gasteiger partial charge in [-0.1, -0.05) is 12.1 Å². The third kappa shape index (κ3) is 2.43. The Morgan fingerprint density at radius 2 is 2.05 bits per heavy atom. The molecule has 2 heterocycles. The van der Waals surface area contributed by atoms with Gasteiger partial charge in [0.1, 0.15) is 5.75 Å². The SMILES string of the molecule is CN1C(=O)C(CN2CCNCC2)Oc2ccccc21. The number of anilines is 1. The molecule has 5 nitrogen and oxygen atoms in total. The van der Waals surface area contributed by atoms with Crippen LogP contribution in [0.3, 0.4) is 0 Å². The molecule has 0 bridgehead atoms. The van der Waals surface area contributed by atoms with Crippen molar-refractivity contribution < 1.29 is 9.53 Å². The molecule has 102 valence electrons. The standard InChI is InChI=1S/C14H19N3O2/c1-16-11-4-2-3-5-12(11)19-13(14(16)18)10-17-8-6-15-7-9-17/h2-5,13,15H,6-10H2,1H3. The molecule has 0 aliphatic carbocycles. The Morgan fingerprint density at radius 3 is 2.84 bits per heavy atom. The van der Waals surface area contributed by atoms with Gasteiger partial charge in [0, 0.05) is 39.8 Å². The minimum atomic E-state index is -0.391. The van der Waals surface area contributed by atoms with E-state index in [1.54, 1.807) is 4.90 Å². The summed E-state index contributed by atoms with van der Waals surface area (Å²) in [5, 5.41) is 3.31. The van der Waals surface area contributed by atoms with Gasteiger partial charge in [0.15, 0.2) is 6.10 Å². The Kier molecular flexibility index (Phi) is 3.40. The molecule has 19 heavy (non-hydrogen) atoms. The van der Waals surface area contributed by atoms with Crippen molar-refractivity contribution in [3.8, 4) is 5.75 Å². The van der Waals surface area contributed by atoms with Gasteiger partial charge >= 0.3 is 0 Å². The fourth-order valence-corrected chi connectivity index (χ4v) is 2.62. The summed E-state index contributed by atoms with van der Waals surface area (Å²) in [5.74, 6) is 0.835. The summed E-state index contributed by atoms with van der Waals surface area (Å²) in [6.07, 6.45) is -0.391. The van der Waals surface area contributed by atoms with Crippen molar-refractivity contribution >= 4 is 11.6 Å². The lowest BCUT2D eigenvalue weighted by molar-refractivity contribution is -0.127. The van der Waals surface area contributed by atoms with Crippen LogP contribution in [0.2, 0.25) is 0 Å². The van der Waals surface area contributed by atoms with Crippen LogP contribution in [0.15, 0.2) is 24.3 Å². The molecule has 1 aromatic carbocycles. The maximum atomic E-state index is 12.3. The van der Waals surface area contributed by atoms with E-state index in [1.807, 2.05) is 31.3 Å². The lowest BCUT2D eigenvalue weighted by atomic mass is 10.1. The van der Waals surface area contributed by atoms with Gasteiger partial charge in [0.2, 0.25) is 0 Å². The quantitative estimate of drug-likeness (QED) is 0.832. The third-order valence-corrected chi connectivity index (χ3v) is 3.74. The average Bonchev–Trinajstić information content (AvgIpc) is 2.46. The zero-order valence-corrected chi connectivity index (χ0v) is 11.1. The van der Waals surface area contributed by atoms with E-state index in [4.69, 9.17) is 4.74 Å². The van der Waals surface area contributed by atoms with E-state index in [0.29, 0.717) is 6.54 Å². The molecule has 1 aromatic rings. The summed E-state index contributed by atoms with van der Waals surface area (Å²) in [5.41, 5.74) is 0.851. The smallest absolute Gasteiger partial charge is 0.269 e. The van der Waals surface area contributed by atoms with Gasteiger partial charge in [-0.25, -0.2) is 0 Å². The molecule has 2 aliphatic rings. The monoisotopic (exact) mass is 261 g/mol. The van der Waals surface area contributed by atoms with Crippen LogP contribution < -0.4 is 15.0 Å². The van der Waals surface area contributed by atoms with Gasteiger partial charge in [-0.3, -0.25) is 9.69 Å². The highest BCUT2D eigenvalue weighted by molar-refractivity contribution is 5.99. The topological polar surface area (TPSA) is 44.8 Å². The number of nitrogens with zero attached hydrogens (tertiary/aromatic N) is 2. The van der Waals surface area contributed by atoms with Gasteiger partial charge < -0.3 is 15.0 Å². The fraction of sp³-hybridized carbons (Fsp3) is 0.500. The minimum absolute atomic E-state index is 0.0391. The number of carbonyl (C=O) groups excluding carboxylic acids is 1. The van der Waals surface area contributed by atoms with Crippen LogP contribution >= 0.6 is 0 Å². The summed E-state index contributed by atoms with van der Waals surface area (Å²) in [7, 11) is 1.81. The molecule has 1 N–H and O–H groups in total. The van der Waals surface area contributed by atoms with E-state index in [9.17, 15) is 4.79 Å². The number of carbonyl (C=O) groups is 1. The Labute approximate surface area is 113 Å². The number of likely N-dealkylation sites (N-methyl/N-ethyl adjacent to an activating group) is 1. The van der Waals surface area contributed by atoms with E-state index < -0.39 is 6.10 Å². The van der Waals surface area contributed by atoms with Crippen molar-refractivity contribution in [3.05, 3.63) is 24.3 Å². The number of hydrogen-bond acceptors (Lipinski definition) is 4. The molecule has 1 fully saturated rings. The van der Waals surface area contributed by atoms with E-state index in [1.165, 1.54) is 0 Å². The van der Waals surface area contributed by atoms with Crippen molar-refractivity contribution in [1.82, 2.24) is 10.2 Å². The first kappa shape index (κ1) is 12.4. The highest BCUT2D eigenvalue weighted by atomic mass is 16.5. The summed E-state index contributed by atoms with van der Waals surface area (Å²) in [6.45, 7) is 4.57. The Morgan fingerprint density at radius 1 is 1.32 bits per heavy atom. The van der Waals surface area contributed by atoms with E-state index in [-0.39, 0.29) is 5.91 Å². The molecule has 1 amide bonds. The normalized spacial score (nSPS) is 23.9. The lowest BCUT2D eigenvalue weighted by Crippen LogP contribution is -2.53. The number of fused-ring (bicyclic) bond motifs is 1. The fourth-order valence-electron chi connectivity index (χ4n) is 2.62. The lowest BCUT2D eigenvalue weighted by Gasteiger charge is -2.35. The second-order valence-corrected chi connectivity index (χ2v) is 5.02. The van der Waals surface area contributed by atoms with E-state index in [0.717, 1.165) is 37.6 Å². The summed E-state index contributed by atoms with van der Waals surface area (Å²) < 4.78 is 5.86. The van der Waals surface area contributed by atoms with Crippen molar-refractivity contribution in [2.24, 2.45) is 0 Å². The molecule has 5 heteroatoms. The summed E-state index contributed by atoms with van der Waals surface area (Å²) in [6, 6.07) is 7.68. The van der Waals surface area contributed by atoms with Gasteiger partial charge in [-0.05, 0) is 12.1 Å². The molecule has 0 saturated carbocycles. The summed E-state index contributed by atoms with van der Waals surface area (Å²) >= 11 is 0. The summed E-state index contributed by atoms with van der Waals surface area (Å²) in [4.78, 5) is 16.3. The van der Waals surface area contributed by atoms with Crippen LogP contribution in [0.5, 0.6) is 5.75 Å². The molecular formula is C14H19N3O2. The van der Waals surface area contributed by atoms with Gasteiger partial charge in [0.05, 0.1) is 5.69 Å². The second-order valence-electron chi connectivity index (χ2n) is 5.02. The van der Waals surface area contributed by atoms with Crippen molar-refractivity contribution in [2.75, 3.05) is 44.7 Å². The first-order chi connectivity index (χ1) is 9.25. The van der Waals surface area contributed by atoms with Crippen LogP contribution in [0, 0.1) is 0 Å². The molecule has 0 aromatic heterocycles. The highest BCUT2D eigenvalue weighted by Gasteiger charge is 2.33. The molecule has 2 aliphatic heterocycles. The third-order valence-electron chi connectivity index (χ3n) is 3.74. The van der Waals surface area contributed by atoms with Gasteiger partial charge in [-0.2, -0.15) is 0 Å². The Bertz CT molecular complexity index is 472. The number of amides is 1. The predicted molar refractivity (Wildman–Crippen MR) is 73.6 cm³/mol. The second kappa shape index (κ2) is 5.19. The average molecular weight is 261 g/mol. The highest BCUT2D eigenvalue weighted by Crippen LogP contribution is 2.32. The molecule has 1 saturated heterocycles. The molecule has 0 radical (unpaired) electrons. The molecule has 3 rings (SSSR count). The molecule has 1 atom stereocenters. The maximum Gasteiger partial charge on any atom is 0.269 e. The Hall–Kier alpha value is -1.59. The molecule has 0 spiro atoms. The number of rotatable bonds is 2. The van der Waals surface area contributed by atoms with E-state index >= 15 is 0 Å². The van der Waals surface area contributed by atoms with Gasteiger partial charge in [-0.15, -0.1) is 0 Å². The van der Waals surface area contributed by atoms with Crippen LogP contribution in [0.4, 0.5) is 5.69 Å². The molecular weight excluding hydrogens is 242 g/mol. The largest absolute Gasteiger partial charge is 0.477 e. The number of nitrogens with one attached hydrogen (secondary N) is 1. The minimum Gasteiger partial charge on any atom is -0.477 e. The number of benzene rings is 1. The zero-order chi connectivity index (χ0) is 13.2. The van der Waals surface area contributed by atoms with Crippen molar-refractivity contribution in [2.45, 2.75) is 6.10 Å². The van der Waals surface area contributed by atoms with Gasteiger partial charge in [0.25, 0.3) is 5.91 Å². The van der Waals surface area contributed by atoms with Crippen molar-refractivity contribution in [3.63, 3.8) is 0 Å². The van der Waals surface area contributed by atoms with E-state index in [2.05, 4.69) is 10.2 Å². The number of ether oxygens (including phenoxy) is 1.